The molecule has 0 bridgehead atoms. The average molecular weight is 267 g/mol. The van der Waals surface area contributed by atoms with Gasteiger partial charge in [0, 0.05) is 11.9 Å². The summed E-state index contributed by atoms with van der Waals surface area (Å²) in [5.74, 6) is 0.466. The van der Waals surface area contributed by atoms with E-state index in [1.165, 1.54) is 29.1 Å². The number of hydrogen-bond donors (Lipinski definition) is 2. The maximum absolute atomic E-state index is 8.86. The van der Waals surface area contributed by atoms with Crippen molar-refractivity contribution in [2.24, 2.45) is 0 Å². The number of nitrogens with two attached hydrogens (primary N) is 1. The molecule has 8 nitrogen and oxygen atoms in total. The Morgan fingerprint density at radius 3 is 2.94 bits per heavy atom. The van der Waals surface area contributed by atoms with Crippen molar-refractivity contribution in [3.05, 3.63) is 12.7 Å². The maximum atomic E-state index is 8.86. The summed E-state index contributed by atoms with van der Waals surface area (Å²) in [6.07, 6.45) is 3.54. The van der Waals surface area contributed by atoms with Crippen LogP contribution in [0, 0.1) is 0 Å². The molecule has 0 aliphatic rings. The summed E-state index contributed by atoms with van der Waals surface area (Å²) in [4.78, 5) is 16.1. The summed E-state index contributed by atoms with van der Waals surface area (Å²) in [6.45, 7) is 2.11. The van der Waals surface area contributed by atoms with Gasteiger partial charge in [0.25, 0.3) is 5.95 Å². The molecule has 1 atom stereocenters. The second-order valence-corrected chi connectivity index (χ2v) is 4.96. The van der Waals surface area contributed by atoms with Crippen molar-refractivity contribution in [3.8, 4) is 5.95 Å². The molecule has 2 aromatic heterocycles. The van der Waals surface area contributed by atoms with Crippen molar-refractivity contribution in [1.29, 1.82) is 0 Å². The van der Waals surface area contributed by atoms with Gasteiger partial charge in [-0.15, -0.1) is 0 Å². The lowest BCUT2D eigenvalue weighted by Crippen LogP contribution is -2.09. The van der Waals surface area contributed by atoms with Gasteiger partial charge in [-0.05, 0) is 6.42 Å². The number of aliphatic hydroxyl groups is 1. The molecule has 0 amide bonds. The topological polar surface area (TPSA) is 116 Å². The number of aromatic nitrogens is 6. The largest absolute Gasteiger partial charge is 0.396 e. The van der Waals surface area contributed by atoms with E-state index in [1.807, 2.05) is 6.92 Å². The number of anilines is 1. The molecule has 2 heterocycles. The standard InChI is InChI=1S/C9H13N7OS/c1-6(2-3-17)18-9-14-7(10)13-8(15-9)16-5-11-4-12-16/h4-6,17H,2-3H2,1H3,(H2,10,13,14,15). The fourth-order valence-electron chi connectivity index (χ4n) is 1.25. The van der Waals surface area contributed by atoms with Crippen LogP contribution in [0.25, 0.3) is 5.95 Å². The third-order valence-corrected chi connectivity index (χ3v) is 3.12. The van der Waals surface area contributed by atoms with Crippen LogP contribution in [0.1, 0.15) is 13.3 Å². The number of nitrogen functional groups attached to an aromatic ring is 1. The van der Waals surface area contributed by atoms with Crippen LogP contribution in [-0.2, 0) is 0 Å². The van der Waals surface area contributed by atoms with E-state index in [-0.39, 0.29) is 17.8 Å². The van der Waals surface area contributed by atoms with Crippen molar-refractivity contribution in [3.63, 3.8) is 0 Å². The summed E-state index contributed by atoms with van der Waals surface area (Å²) in [7, 11) is 0. The van der Waals surface area contributed by atoms with Gasteiger partial charge in [-0.1, -0.05) is 18.7 Å². The molecular weight excluding hydrogens is 254 g/mol. The molecule has 0 saturated carbocycles. The first kappa shape index (κ1) is 12.7. The molecule has 1 unspecified atom stereocenters. The zero-order chi connectivity index (χ0) is 13.0. The van der Waals surface area contributed by atoms with Gasteiger partial charge in [-0.2, -0.15) is 24.7 Å². The normalized spacial score (nSPS) is 12.6. The first-order valence-corrected chi connectivity index (χ1v) is 6.21. The molecular formula is C9H13N7OS. The Morgan fingerprint density at radius 2 is 2.28 bits per heavy atom. The van der Waals surface area contributed by atoms with Gasteiger partial charge in [0.05, 0.1) is 0 Å². The van der Waals surface area contributed by atoms with E-state index in [1.54, 1.807) is 0 Å². The van der Waals surface area contributed by atoms with E-state index in [2.05, 4.69) is 25.0 Å². The fourth-order valence-corrected chi connectivity index (χ4v) is 2.11. The second-order valence-electron chi connectivity index (χ2n) is 3.56. The minimum atomic E-state index is 0.130. The van der Waals surface area contributed by atoms with Crippen LogP contribution < -0.4 is 5.73 Å². The van der Waals surface area contributed by atoms with Gasteiger partial charge in [-0.25, -0.2) is 4.98 Å². The zero-order valence-electron chi connectivity index (χ0n) is 9.76. The van der Waals surface area contributed by atoms with Crippen molar-refractivity contribution >= 4 is 17.7 Å². The van der Waals surface area contributed by atoms with E-state index in [0.717, 1.165) is 0 Å². The van der Waals surface area contributed by atoms with Crippen LogP contribution in [0.15, 0.2) is 17.8 Å². The summed E-state index contributed by atoms with van der Waals surface area (Å²) in [6, 6.07) is 0. The summed E-state index contributed by atoms with van der Waals surface area (Å²) < 4.78 is 1.42. The SMILES string of the molecule is CC(CCO)Sc1nc(N)nc(-n2cncn2)n1. The molecule has 0 aromatic carbocycles. The van der Waals surface area contributed by atoms with Crippen molar-refractivity contribution < 1.29 is 5.11 Å². The van der Waals surface area contributed by atoms with E-state index in [4.69, 9.17) is 10.8 Å². The van der Waals surface area contributed by atoms with Crippen LogP contribution >= 0.6 is 11.8 Å². The molecule has 0 fully saturated rings. The highest BCUT2D eigenvalue weighted by Gasteiger charge is 2.11. The van der Waals surface area contributed by atoms with Crippen molar-refractivity contribution in [2.45, 2.75) is 23.8 Å². The molecule has 9 heteroatoms. The first-order valence-electron chi connectivity index (χ1n) is 5.33. The lowest BCUT2D eigenvalue weighted by atomic mass is 10.4. The van der Waals surface area contributed by atoms with Gasteiger partial charge >= 0.3 is 0 Å². The van der Waals surface area contributed by atoms with Crippen LogP contribution in [0.2, 0.25) is 0 Å². The average Bonchev–Trinajstić information content (AvgIpc) is 2.81. The monoisotopic (exact) mass is 267 g/mol. The highest BCUT2D eigenvalue weighted by Crippen LogP contribution is 2.22. The second kappa shape index (κ2) is 5.74. The van der Waals surface area contributed by atoms with Crippen LogP contribution in [0.5, 0.6) is 0 Å². The van der Waals surface area contributed by atoms with Crippen LogP contribution in [-0.4, -0.2) is 46.7 Å². The van der Waals surface area contributed by atoms with Gasteiger partial charge in [0.1, 0.15) is 12.7 Å². The Hall–Kier alpha value is -1.74. The number of hydrogen-bond acceptors (Lipinski definition) is 8. The van der Waals surface area contributed by atoms with E-state index in [0.29, 0.717) is 17.5 Å². The molecule has 96 valence electrons. The smallest absolute Gasteiger partial charge is 0.257 e. The maximum Gasteiger partial charge on any atom is 0.257 e. The molecule has 18 heavy (non-hydrogen) atoms. The minimum Gasteiger partial charge on any atom is -0.396 e. The van der Waals surface area contributed by atoms with Crippen molar-refractivity contribution in [2.75, 3.05) is 12.3 Å². The Morgan fingerprint density at radius 1 is 1.44 bits per heavy atom. The molecule has 2 rings (SSSR count). The zero-order valence-corrected chi connectivity index (χ0v) is 10.6. The summed E-state index contributed by atoms with van der Waals surface area (Å²) in [5, 5.41) is 13.5. The predicted molar refractivity (Wildman–Crippen MR) is 66.2 cm³/mol. The van der Waals surface area contributed by atoms with E-state index < -0.39 is 0 Å². The fraction of sp³-hybridized carbons (Fsp3) is 0.444. The number of thioether (sulfide) groups is 1. The van der Waals surface area contributed by atoms with E-state index >= 15 is 0 Å². The predicted octanol–water partition coefficient (Wildman–Crippen LogP) is -0.102. The molecule has 0 spiro atoms. The molecule has 0 aliphatic heterocycles. The highest BCUT2D eigenvalue weighted by molar-refractivity contribution is 7.99. The number of rotatable bonds is 5. The van der Waals surface area contributed by atoms with Gasteiger partial charge in [-0.3, -0.25) is 0 Å². The van der Waals surface area contributed by atoms with Gasteiger partial charge in [0.15, 0.2) is 5.16 Å². The van der Waals surface area contributed by atoms with Gasteiger partial charge in [0.2, 0.25) is 5.95 Å². The van der Waals surface area contributed by atoms with Crippen LogP contribution in [0.4, 0.5) is 5.95 Å². The van der Waals surface area contributed by atoms with Crippen molar-refractivity contribution in [1.82, 2.24) is 29.7 Å². The Bertz CT molecular complexity index is 504. The molecule has 0 aliphatic carbocycles. The Balaban J connectivity index is 2.22. The lowest BCUT2D eigenvalue weighted by Gasteiger charge is -2.08. The minimum absolute atomic E-state index is 0.130. The summed E-state index contributed by atoms with van der Waals surface area (Å²) in [5.41, 5.74) is 5.63. The molecule has 0 saturated heterocycles. The lowest BCUT2D eigenvalue weighted by molar-refractivity contribution is 0.289. The number of nitrogens with zero attached hydrogens (tertiary/aromatic N) is 6. The third-order valence-electron chi connectivity index (χ3n) is 2.09. The van der Waals surface area contributed by atoms with Crippen LogP contribution in [0.3, 0.4) is 0 Å². The van der Waals surface area contributed by atoms with Gasteiger partial charge < -0.3 is 10.8 Å². The Kier molecular flexibility index (Phi) is 4.05. The number of aliphatic hydroxyl groups excluding tert-OH is 1. The first-order chi connectivity index (χ1) is 8.69. The quantitative estimate of drug-likeness (QED) is 0.721. The summed E-state index contributed by atoms with van der Waals surface area (Å²) >= 11 is 1.43. The molecule has 2 aromatic rings. The molecule has 0 radical (unpaired) electrons. The third kappa shape index (κ3) is 3.14. The molecule has 3 N–H and O–H groups in total. The van der Waals surface area contributed by atoms with E-state index in [9.17, 15) is 0 Å². The Labute approximate surface area is 108 Å². The highest BCUT2D eigenvalue weighted by atomic mass is 32.2.